The molecular formula is C23H26O. The molecule has 0 radical (unpaired) electrons. The van der Waals surface area contributed by atoms with Crippen molar-refractivity contribution in [1.82, 2.24) is 0 Å². The molecule has 0 spiro atoms. The van der Waals surface area contributed by atoms with Gasteiger partial charge < -0.3 is 0 Å². The molecule has 1 heteroatoms. The third kappa shape index (κ3) is 2.33. The van der Waals surface area contributed by atoms with E-state index in [1.54, 1.807) is 0 Å². The van der Waals surface area contributed by atoms with E-state index in [0.29, 0.717) is 11.7 Å². The second-order valence-electron chi connectivity index (χ2n) is 7.98. The largest absolute Gasteiger partial charge is 0.299 e. The minimum atomic E-state index is -0.250. The van der Waals surface area contributed by atoms with Crippen LogP contribution in [0.5, 0.6) is 0 Å². The van der Waals surface area contributed by atoms with Crippen molar-refractivity contribution >= 4 is 5.78 Å². The number of hydrogen-bond acceptors (Lipinski definition) is 1. The van der Waals surface area contributed by atoms with E-state index < -0.39 is 0 Å². The minimum Gasteiger partial charge on any atom is -0.299 e. The molecule has 2 aromatic rings. The molecule has 2 aliphatic carbocycles. The van der Waals surface area contributed by atoms with Crippen molar-refractivity contribution in [1.29, 1.82) is 0 Å². The van der Waals surface area contributed by atoms with Crippen molar-refractivity contribution in [3.8, 4) is 11.1 Å². The summed E-state index contributed by atoms with van der Waals surface area (Å²) in [6.07, 6.45) is 5.98. The Morgan fingerprint density at radius 1 is 1.00 bits per heavy atom. The van der Waals surface area contributed by atoms with Gasteiger partial charge in [0.2, 0.25) is 0 Å². The fourth-order valence-corrected chi connectivity index (χ4v) is 5.00. The molecule has 0 bridgehead atoms. The molecule has 2 aromatic carbocycles. The monoisotopic (exact) mass is 318 g/mol. The Morgan fingerprint density at radius 3 is 2.58 bits per heavy atom. The molecule has 0 N–H and O–H groups in total. The van der Waals surface area contributed by atoms with Crippen LogP contribution in [0.15, 0.2) is 42.5 Å². The zero-order chi connectivity index (χ0) is 16.7. The lowest BCUT2D eigenvalue weighted by Gasteiger charge is -2.39. The van der Waals surface area contributed by atoms with Gasteiger partial charge in [-0.05, 0) is 59.4 Å². The lowest BCUT2D eigenvalue weighted by atomic mass is 9.63. The summed E-state index contributed by atoms with van der Waals surface area (Å²) in [5.41, 5.74) is 6.61. The van der Waals surface area contributed by atoms with Crippen LogP contribution in [0.3, 0.4) is 0 Å². The van der Waals surface area contributed by atoms with Crippen LogP contribution in [-0.2, 0) is 16.6 Å². The highest BCUT2D eigenvalue weighted by molar-refractivity contribution is 5.92. The van der Waals surface area contributed by atoms with Crippen LogP contribution in [0, 0.1) is 5.92 Å². The maximum Gasteiger partial charge on any atom is 0.143 e. The van der Waals surface area contributed by atoms with Crippen molar-refractivity contribution in [2.75, 3.05) is 0 Å². The van der Waals surface area contributed by atoms with E-state index in [1.165, 1.54) is 34.2 Å². The van der Waals surface area contributed by atoms with E-state index in [0.717, 1.165) is 32.1 Å². The summed E-state index contributed by atoms with van der Waals surface area (Å²) < 4.78 is 0. The second-order valence-corrected chi connectivity index (χ2v) is 7.98. The van der Waals surface area contributed by atoms with Crippen LogP contribution in [0.25, 0.3) is 11.1 Å². The zero-order valence-electron chi connectivity index (χ0n) is 14.8. The summed E-state index contributed by atoms with van der Waals surface area (Å²) in [7, 11) is 0. The molecule has 1 nitrogen and oxygen atoms in total. The van der Waals surface area contributed by atoms with Crippen LogP contribution in [0.4, 0.5) is 0 Å². The van der Waals surface area contributed by atoms with Crippen molar-refractivity contribution in [2.24, 2.45) is 5.92 Å². The third-order valence-corrected chi connectivity index (χ3v) is 5.91. The number of ketones is 1. The van der Waals surface area contributed by atoms with Gasteiger partial charge in [0.25, 0.3) is 0 Å². The highest BCUT2D eigenvalue weighted by Crippen LogP contribution is 2.48. The van der Waals surface area contributed by atoms with Crippen LogP contribution in [-0.4, -0.2) is 5.78 Å². The summed E-state index contributed by atoms with van der Waals surface area (Å²) in [5.74, 6) is 1.01. The maximum absolute atomic E-state index is 13.1. The van der Waals surface area contributed by atoms with Crippen LogP contribution in [0.2, 0.25) is 0 Å². The molecule has 2 aliphatic rings. The first-order valence-corrected chi connectivity index (χ1v) is 9.36. The molecule has 4 rings (SSSR count). The van der Waals surface area contributed by atoms with Gasteiger partial charge in [0.05, 0.1) is 5.41 Å². The highest BCUT2D eigenvalue weighted by Gasteiger charge is 2.43. The Balaban J connectivity index is 1.88. The van der Waals surface area contributed by atoms with Crippen LogP contribution < -0.4 is 0 Å². The van der Waals surface area contributed by atoms with Crippen molar-refractivity contribution in [2.45, 2.75) is 57.8 Å². The molecule has 124 valence electrons. The Labute approximate surface area is 145 Å². The fraction of sp³-hybridized carbons (Fsp3) is 0.435. The van der Waals surface area contributed by atoms with Crippen LogP contribution >= 0.6 is 0 Å². The average molecular weight is 318 g/mol. The minimum absolute atomic E-state index is 0.250. The van der Waals surface area contributed by atoms with E-state index in [1.807, 2.05) is 0 Å². The van der Waals surface area contributed by atoms with E-state index in [-0.39, 0.29) is 5.41 Å². The van der Waals surface area contributed by atoms with Gasteiger partial charge in [-0.3, -0.25) is 4.79 Å². The van der Waals surface area contributed by atoms with E-state index in [9.17, 15) is 4.79 Å². The van der Waals surface area contributed by atoms with Gasteiger partial charge in [0, 0.05) is 6.42 Å². The zero-order valence-corrected chi connectivity index (χ0v) is 14.8. The number of hydrogen-bond donors (Lipinski definition) is 0. The number of rotatable bonds is 3. The maximum atomic E-state index is 13.1. The second kappa shape index (κ2) is 5.88. The highest BCUT2D eigenvalue weighted by atomic mass is 16.1. The average Bonchev–Trinajstić information content (AvgIpc) is 2.95. The van der Waals surface area contributed by atoms with Crippen LogP contribution in [0.1, 0.15) is 62.6 Å². The predicted molar refractivity (Wildman–Crippen MR) is 99.3 cm³/mol. The smallest absolute Gasteiger partial charge is 0.143 e. The van der Waals surface area contributed by atoms with E-state index in [2.05, 4.69) is 56.3 Å². The summed E-state index contributed by atoms with van der Waals surface area (Å²) in [6.45, 7) is 4.50. The summed E-state index contributed by atoms with van der Waals surface area (Å²) >= 11 is 0. The first kappa shape index (κ1) is 15.6. The van der Waals surface area contributed by atoms with Gasteiger partial charge in [-0.1, -0.05) is 62.7 Å². The standard InChI is InChI=1S/C23H26O/c1-16(2)15-23(13-6-5-12-22(23)24)21-11-7-10-19-18-9-4-3-8-17(18)14-20(19)21/h3-4,7-11,16H,5-6,12-15H2,1-2H3. The van der Waals surface area contributed by atoms with Gasteiger partial charge in [0.1, 0.15) is 5.78 Å². The molecule has 0 heterocycles. The number of fused-ring (bicyclic) bond motifs is 3. The van der Waals surface area contributed by atoms with Gasteiger partial charge in [-0.25, -0.2) is 0 Å². The van der Waals surface area contributed by atoms with Crippen molar-refractivity contribution in [3.05, 3.63) is 59.2 Å². The molecule has 1 fully saturated rings. The third-order valence-electron chi connectivity index (χ3n) is 5.91. The van der Waals surface area contributed by atoms with E-state index >= 15 is 0 Å². The molecule has 1 saturated carbocycles. The molecule has 0 aromatic heterocycles. The van der Waals surface area contributed by atoms with Gasteiger partial charge in [-0.15, -0.1) is 0 Å². The number of carbonyl (C=O) groups is 1. The Kier molecular flexibility index (Phi) is 3.83. The Morgan fingerprint density at radius 2 is 1.79 bits per heavy atom. The fourth-order valence-electron chi connectivity index (χ4n) is 5.00. The normalized spacial score (nSPS) is 22.5. The van der Waals surface area contributed by atoms with Gasteiger partial charge >= 0.3 is 0 Å². The topological polar surface area (TPSA) is 17.1 Å². The Bertz CT molecular complexity index is 786. The quantitative estimate of drug-likeness (QED) is 0.607. The lowest BCUT2D eigenvalue weighted by Crippen LogP contribution is -2.40. The molecule has 0 saturated heterocycles. The molecular weight excluding hydrogens is 292 g/mol. The Hall–Kier alpha value is -1.89. The molecule has 0 aliphatic heterocycles. The van der Waals surface area contributed by atoms with Gasteiger partial charge in [-0.2, -0.15) is 0 Å². The summed E-state index contributed by atoms with van der Waals surface area (Å²) in [4.78, 5) is 13.1. The first-order chi connectivity index (χ1) is 11.6. The predicted octanol–water partition coefficient (Wildman–Crippen LogP) is 5.68. The molecule has 0 amide bonds. The van der Waals surface area contributed by atoms with Gasteiger partial charge in [0.15, 0.2) is 0 Å². The molecule has 1 unspecified atom stereocenters. The number of benzene rings is 2. The number of Topliss-reactive ketones (excluding diaryl/α,β-unsaturated/α-hetero) is 1. The lowest BCUT2D eigenvalue weighted by molar-refractivity contribution is -0.127. The molecule has 24 heavy (non-hydrogen) atoms. The van der Waals surface area contributed by atoms with Crippen molar-refractivity contribution < 1.29 is 4.79 Å². The summed E-state index contributed by atoms with van der Waals surface area (Å²) in [6, 6.07) is 15.4. The molecule has 1 atom stereocenters. The SMILES string of the molecule is CC(C)CC1(c2cccc3c2Cc2ccccc2-3)CCCCC1=O. The number of carbonyl (C=O) groups excluding carboxylic acids is 1. The first-order valence-electron chi connectivity index (χ1n) is 9.36. The van der Waals surface area contributed by atoms with E-state index in [4.69, 9.17) is 0 Å². The summed E-state index contributed by atoms with van der Waals surface area (Å²) in [5, 5.41) is 0. The van der Waals surface area contributed by atoms with Crippen molar-refractivity contribution in [3.63, 3.8) is 0 Å².